The van der Waals surface area contributed by atoms with Crippen molar-refractivity contribution < 1.29 is 14.3 Å². The van der Waals surface area contributed by atoms with Gasteiger partial charge in [-0.15, -0.1) is 0 Å². The molecule has 4 aliphatic rings. The van der Waals surface area contributed by atoms with Gasteiger partial charge >= 0.3 is 0 Å². The number of nitrogens with zero attached hydrogens (tertiary/aromatic N) is 1. The molecule has 164 valence electrons. The smallest absolute Gasteiger partial charge is 0.228 e. The summed E-state index contributed by atoms with van der Waals surface area (Å²) in [5.74, 6) is 3.40. The molecule has 0 heterocycles. The first-order chi connectivity index (χ1) is 14.9. The lowest BCUT2D eigenvalue weighted by Crippen LogP contribution is -2.59. The van der Waals surface area contributed by atoms with Gasteiger partial charge in [0, 0.05) is 13.6 Å². The van der Waals surface area contributed by atoms with E-state index in [0.29, 0.717) is 24.3 Å². The minimum Gasteiger partial charge on any atom is -0.497 e. The Bertz CT molecular complexity index is 953. The zero-order valence-electron chi connectivity index (χ0n) is 18.9. The lowest BCUT2D eigenvalue weighted by atomic mass is 9.42. The summed E-state index contributed by atoms with van der Waals surface area (Å²) in [6, 6.07) is 16.7. The van der Waals surface area contributed by atoms with Crippen molar-refractivity contribution in [2.24, 2.45) is 17.3 Å². The molecule has 0 saturated heterocycles. The number of amides is 1. The summed E-state index contributed by atoms with van der Waals surface area (Å²) in [6.07, 6.45) is 6.85. The lowest BCUT2D eigenvalue weighted by Gasteiger charge is -2.62. The van der Waals surface area contributed by atoms with Gasteiger partial charge in [-0.2, -0.15) is 0 Å². The van der Waals surface area contributed by atoms with Crippen molar-refractivity contribution in [1.82, 2.24) is 4.90 Å². The van der Waals surface area contributed by atoms with Crippen molar-refractivity contribution in [1.29, 1.82) is 0 Å². The van der Waals surface area contributed by atoms with Crippen molar-refractivity contribution in [2.45, 2.75) is 50.5 Å². The molecule has 0 aliphatic heterocycles. The Morgan fingerprint density at radius 1 is 0.968 bits per heavy atom. The molecule has 0 spiro atoms. The Kier molecular flexibility index (Phi) is 4.99. The van der Waals surface area contributed by atoms with Crippen LogP contribution in [0.15, 0.2) is 48.5 Å². The molecule has 4 fully saturated rings. The molecule has 0 N–H and O–H groups in total. The van der Waals surface area contributed by atoms with E-state index in [1.54, 1.807) is 14.2 Å². The van der Waals surface area contributed by atoms with Gasteiger partial charge in [-0.3, -0.25) is 4.79 Å². The minimum absolute atomic E-state index is 0.142. The number of ether oxygens (including phenoxy) is 2. The van der Waals surface area contributed by atoms with Crippen LogP contribution in [0.25, 0.3) is 0 Å². The van der Waals surface area contributed by atoms with Crippen LogP contribution in [-0.4, -0.2) is 32.1 Å². The summed E-state index contributed by atoms with van der Waals surface area (Å²) in [6.45, 7) is 0.628. The SMILES string of the molecule is COc1ccc(C23C[C@@H]4C[C@H](CC(C(=O)N(C)Cc5cccc(OC)c5)(C4)C2)C3)cc1. The maximum atomic E-state index is 13.9. The molecule has 0 aromatic heterocycles. The maximum absolute atomic E-state index is 13.9. The van der Waals surface area contributed by atoms with E-state index in [1.165, 1.54) is 24.8 Å². The molecule has 31 heavy (non-hydrogen) atoms. The van der Waals surface area contributed by atoms with Crippen LogP contribution in [-0.2, 0) is 16.8 Å². The zero-order chi connectivity index (χ0) is 21.6. The van der Waals surface area contributed by atoms with E-state index >= 15 is 0 Å². The first-order valence-corrected chi connectivity index (χ1v) is 11.5. The Hall–Kier alpha value is -2.49. The molecule has 2 aromatic carbocycles. The highest BCUT2D eigenvalue weighted by atomic mass is 16.5. The van der Waals surface area contributed by atoms with Gasteiger partial charge in [0.25, 0.3) is 0 Å². The molecule has 4 saturated carbocycles. The number of hydrogen-bond acceptors (Lipinski definition) is 3. The average Bonchev–Trinajstić information content (AvgIpc) is 2.78. The van der Waals surface area contributed by atoms with E-state index in [4.69, 9.17) is 9.47 Å². The third-order valence-corrected chi connectivity index (χ3v) is 8.12. The monoisotopic (exact) mass is 419 g/mol. The predicted octanol–water partition coefficient (Wildman–Crippen LogP) is 5.20. The van der Waals surface area contributed by atoms with Crippen molar-refractivity contribution in [3.8, 4) is 11.5 Å². The second kappa shape index (κ2) is 7.58. The van der Waals surface area contributed by atoms with Crippen molar-refractivity contribution in [2.75, 3.05) is 21.3 Å². The van der Waals surface area contributed by atoms with Crippen LogP contribution in [0.4, 0.5) is 0 Å². The average molecular weight is 420 g/mol. The van der Waals surface area contributed by atoms with E-state index < -0.39 is 0 Å². The van der Waals surface area contributed by atoms with Gasteiger partial charge < -0.3 is 14.4 Å². The molecule has 1 amide bonds. The molecule has 0 radical (unpaired) electrons. The van der Waals surface area contributed by atoms with E-state index in [0.717, 1.165) is 36.3 Å². The molecule has 2 aromatic rings. The van der Waals surface area contributed by atoms with Crippen molar-refractivity contribution in [3.63, 3.8) is 0 Å². The Morgan fingerprint density at radius 3 is 2.29 bits per heavy atom. The number of benzene rings is 2. The van der Waals surface area contributed by atoms with E-state index in [-0.39, 0.29) is 10.8 Å². The van der Waals surface area contributed by atoms with Crippen LogP contribution in [0.3, 0.4) is 0 Å². The second-order valence-electron chi connectivity index (χ2n) is 10.3. The van der Waals surface area contributed by atoms with E-state index in [9.17, 15) is 4.79 Å². The summed E-state index contributed by atoms with van der Waals surface area (Å²) in [5.41, 5.74) is 2.44. The summed E-state index contributed by atoms with van der Waals surface area (Å²) in [7, 11) is 5.37. The third-order valence-electron chi connectivity index (χ3n) is 8.12. The van der Waals surface area contributed by atoms with E-state index in [2.05, 4.69) is 30.3 Å². The zero-order valence-corrected chi connectivity index (χ0v) is 18.9. The molecule has 4 heteroatoms. The van der Waals surface area contributed by atoms with Crippen LogP contribution in [0.5, 0.6) is 11.5 Å². The minimum atomic E-state index is -0.211. The largest absolute Gasteiger partial charge is 0.497 e. The predicted molar refractivity (Wildman–Crippen MR) is 121 cm³/mol. The number of hydrogen-bond donors (Lipinski definition) is 0. The van der Waals surface area contributed by atoms with Crippen molar-refractivity contribution in [3.05, 3.63) is 59.7 Å². The summed E-state index contributed by atoms with van der Waals surface area (Å²) in [4.78, 5) is 15.9. The number of rotatable bonds is 6. The molecule has 6 rings (SSSR count). The molecule has 4 aliphatic carbocycles. The van der Waals surface area contributed by atoms with Crippen LogP contribution < -0.4 is 9.47 Å². The van der Waals surface area contributed by atoms with Gasteiger partial charge in [-0.25, -0.2) is 0 Å². The van der Waals surface area contributed by atoms with Gasteiger partial charge in [0.1, 0.15) is 11.5 Å². The maximum Gasteiger partial charge on any atom is 0.228 e. The molecular weight excluding hydrogens is 386 g/mol. The molecule has 2 atom stereocenters. The van der Waals surface area contributed by atoms with Crippen LogP contribution in [0, 0.1) is 17.3 Å². The van der Waals surface area contributed by atoms with Gasteiger partial charge in [0.05, 0.1) is 19.6 Å². The molecule has 0 unspecified atom stereocenters. The first kappa shape index (κ1) is 20.4. The first-order valence-electron chi connectivity index (χ1n) is 11.5. The lowest BCUT2D eigenvalue weighted by molar-refractivity contribution is -0.159. The van der Waals surface area contributed by atoms with E-state index in [1.807, 2.05) is 30.1 Å². The van der Waals surface area contributed by atoms with Gasteiger partial charge in [0.15, 0.2) is 0 Å². The summed E-state index contributed by atoms with van der Waals surface area (Å²) >= 11 is 0. The third kappa shape index (κ3) is 3.50. The number of carbonyl (C=O) groups is 1. The molecule has 4 bridgehead atoms. The fraction of sp³-hybridized carbons (Fsp3) is 0.519. The van der Waals surface area contributed by atoms with Crippen LogP contribution >= 0.6 is 0 Å². The fourth-order valence-electron chi connectivity index (χ4n) is 7.32. The summed E-state index contributed by atoms with van der Waals surface area (Å²) in [5, 5.41) is 0. The van der Waals surface area contributed by atoms with Gasteiger partial charge in [-0.05, 0) is 91.2 Å². The Labute approximate surface area is 185 Å². The number of methoxy groups -OCH3 is 2. The highest BCUT2D eigenvalue weighted by Crippen LogP contribution is 2.66. The quantitative estimate of drug-likeness (QED) is 0.646. The normalized spacial score (nSPS) is 30.8. The standard InChI is InChI=1S/C27H33NO3/c1-28(17-19-5-4-6-24(12-19)31-3)25(29)27-15-20-11-21(16-27)14-26(13-20,18-27)22-7-9-23(30-2)10-8-22/h4-10,12,20-21H,11,13-18H2,1-3H3/t20-,21-,26?,27?/m0/s1. The number of carbonyl (C=O) groups excluding carboxylic acids is 1. The Balaban J connectivity index is 1.41. The molecule has 4 nitrogen and oxygen atoms in total. The van der Waals surface area contributed by atoms with Crippen LogP contribution in [0.1, 0.15) is 49.7 Å². The topological polar surface area (TPSA) is 38.8 Å². The summed E-state index contributed by atoms with van der Waals surface area (Å²) < 4.78 is 10.7. The van der Waals surface area contributed by atoms with Gasteiger partial charge in [0.2, 0.25) is 5.91 Å². The van der Waals surface area contributed by atoms with Crippen molar-refractivity contribution >= 4 is 5.91 Å². The fourth-order valence-corrected chi connectivity index (χ4v) is 7.32. The highest BCUT2D eigenvalue weighted by molar-refractivity contribution is 5.83. The Morgan fingerprint density at radius 2 is 1.65 bits per heavy atom. The molecular formula is C27H33NO3. The van der Waals surface area contributed by atoms with Crippen LogP contribution in [0.2, 0.25) is 0 Å². The highest BCUT2D eigenvalue weighted by Gasteiger charge is 2.61. The van der Waals surface area contributed by atoms with Gasteiger partial charge in [-0.1, -0.05) is 24.3 Å². The second-order valence-corrected chi connectivity index (χ2v) is 10.3.